The minimum Gasteiger partial charge on any atom is -0.490 e. The fraction of sp³-hybridized carbons (Fsp3) is 0.396. The lowest BCUT2D eigenvalue weighted by molar-refractivity contribution is 0.296. The lowest BCUT2D eigenvalue weighted by atomic mass is 9.33. The van der Waals surface area contributed by atoms with Gasteiger partial charge in [-0.25, -0.2) is 0 Å². The Morgan fingerprint density at radius 3 is 1.82 bits per heavy atom. The van der Waals surface area contributed by atoms with Gasteiger partial charge in [0.15, 0.2) is 23.0 Å². The monoisotopic (exact) mass is 830 g/mol. The molecule has 0 N–H and O–H groups in total. The minimum atomic E-state index is -0.0692. The fourth-order valence-corrected chi connectivity index (χ4v) is 11.4. The van der Waals surface area contributed by atoms with E-state index < -0.39 is 0 Å². The standard InChI is InChI=1S/C53H59BN2O4S/c1-29(2)34-24-40-47-41(25-34)56(49-32(5)23-44-50(33(49)6)60-20-14-19-59-44)51-46(37-26-35(52(7,8)9)15-16-45(37)61-51)54(47)38-27-42-43(58-18-13-17-57-42)28-39(38)55(40)48-30(3)21-36(22-31(48)4)53(10,11)12/h15-16,21-29H,13-14,17-20H2,1-12H3. The van der Waals surface area contributed by atoms with Gasteiger partial charge in [-0.15, -0.1) is 11.3 Å². The van der Waals surface area contributed by atoms with Gasteiger partial charge >= 0.3 is 0 Å². The average Bonchev–Trinajstić information content (AvgIpc) is 3.31. The van der Waals surface area contributed by atoms with Crippen LogP contribution in [0.3, 0.4) is 0 Å². The van der Waals surface area contributed by atoms with Crippen LogP contribution in [0.25, 0.3) is 10.1 Å². The van der Waals surface area contributed by atoms with Gasteiger partial charge in [-0.2, -0.15) is 0 Å². The van der Waals surface area contributed by atoms with Crippen molar-refractivity contribution in [2.75, 3.05) is 36.2 Å². The first-order chi connectivity index (χ1) is 29.0. The number of rotatable bonds is 3. The molecule has 0 saturated heterocycles. The summed E-state index contributed by atoms with van der Waals surface area (Å²) in [5, 5.41) is 2.56. The largest absolute Gasteiger partial charge is 0.490 e. The van der Waals surface area contributed by atoms with E-state index in [4.69, 9.17) is 18.9 Å². The second-order valence-corrected chi connectivity index (χ2v) is 21.2. The van der Waals surface area contributed by atoms with Gasteiger partial charge in [-0.3, -0.25) is 0 Å². The van der Waals surface area contributed by atoms with Crippen LogP contribution >= 0.6 is 11.3 Å². The van der Waals surface area contributed by atoms with Crippen LogP contribution < -0.4 is 45.1 Å². The van der Waals surface area contributed by atoms with E-state index in [-0.39, 0.29) is 23.5 Å². The molecule has 314 valence electrons. The average molecular weight is 831 g/mol. The minimum absolute atomic E-state index is 0.0133. The van der Waals surface area contributed by atoms with E-state index in [9.17, 15) is 0 Å². The smallest absolute Gasteiger partial charge is 0.254 e. The van der Waals surface area contributed by atoms with Crippen LogP contribution in [0.15, 0.2) is 60.7 Å². The van der Waals surface area contributed by atoms with Crippen molar-refractivity contribution in [3.63, 3.8) is 0 Å². The summed E-state index contributed by atoms with van der Waals surface area (Å²) < 4.78 is 27.3. The van der Waals surface area contributed by atoms with Gasteiger partial charge in [0, 0.05) is 46.2 Å². The van der Waals surface area contributed by atoms with Gasteiger partial charge in [-0.05, 0) is 130 Å². The van der Waals surface area contributed by atoms with E-state index in [0.29, 0.717) is 26.4 Å². The normalized spacial score (nSPS) is 15.7. The topological polar surface area (TPSA) is 43.4 Å². The van der Waals surface area contributed by atoms with Crippen molar-refractivity contribution in [2.45, 2.75) is 113 Å². The van der Waals surface area contributed by atoms with Crippen LogP contribution in [0.1, 0.15) is 113 Å². The predicted molar refractivity (Wildman–Crippen MR) is 257 cm³/mol. The molecule has 5 heterocycles. The molecule has 0 bridgehead atoms. The summed E-state index contributed by atoms with van der Waals surface area (Å²) in [4.78, 5) is 5.18. The Morgan fingerprint density at radius 2 is 1.18 bits per heavy atom. The summed E-state index contributed by atoms with van der Waals surface area (Å²) in [6, 6.07) is 23.8. The second-order valence-electron chi connectivity index (χ2n) is 20.2. The molecule has 0 unspecified atom stereocenters. The zero-order valence-electron chi connectivity index (χ0n) is 38.1. The van der Waals surface area contributed by atoms with Crippen molar-refractivity contribution in [3.8, 4) is 23.0 Å². The number of aryl methyl sites for hydroxylation is 3. The maximum absolute atomic E-state index is 6.56. The number of benzene rings is 5. The number of nitrogens with zero attached hydrogens (tertiary/aromatic N) is 2. The molecule has 0 fully saturated rings. The molecule has 0 amide bonds. The Hall–Kier alpha value is -5.08. The highest BCUT2D eigenvalue weighted by molar-refractivity contribution is 7.26. The van der Waals surface area contributed by atoms with E-state index in [2.05, 4.69) is 154 Å². The molecular formula is C53H59BN2O4S. The van der Waals surface area contributed by atoms with Crippen LogP contribution in [0.5, 0.6) is 23.0 Å². The highest BCUT2D eigenvalue weighted by atomic mass is 32.1. The summed E-state index contributed by atoms with van der Waals surface area (Å²) in [5.74, 6) is 3.60. The van der Waals surface area contributed by atoms with Gasteiger partial charge in [0.25, 0.3) is 6.71 Å². The van der Waals surface area contributed by atoms with E-state index in [0.717, 1.165) is 58.3 Å². The number of thiophene rings is 1. The van der Waals surface area contributed by atoms with Crippen molar-refractivity contribution in [1.29, 1.82) is 0 Å². The zero-order valence-corrected chi connectivity index (χ0v) is 38.9. The molecule has 8 heteroatoms. The van der Waals surface area contributed by atoms with Crippen molar-refractivity contribution in [3.05, 3.63) is 99.6 Å². The van der Waals surface area contributed by atoms with Crippen molar-refractivity contribution >= 4 is 78.0 Å². The molecule has 6 nitrogen and oxygen atoms in total. The third-order valence-electron chi connectivity index (χ3n) is 13.3. The quantitative estimate of drug-likeness (QED) is 0.165. The first-order valence-electron chi connectivity index (χ1n) is 22.3. The Balaban J connectivity index is 1.37. The maximum atomic E-state index is 6.56. The van der Waals surface area contributed by atoms with Crippen LogP contribution in [0.2, 0.25) is 0 Å². The van der Waals surface area contributed by atoms with E-state index in [1.54, 1.807) is 0 Å². The molecule has 0 spiro atoms. The molecule has 1 aromatic heterocycles. The number of hydrogen-bond donors (Lipinski definition) is 0. The lowest BCUT2D eigenvalue weighted by Gasteiger charge is -2.45. The van der Waals surface area contributed by atoms with E-state index >= 15 is 0 Å². The molecule has 5 aromatic carbocycles. The van der Waals surface area contributed by atoms with Crippen LogP contribution in [-0.2, 0) is 10.8 Å². The van der Waals surface area contributed by atoms with Crippen molar-refractivity contribution < 1.29 is 18.9 Å². The van der Waals surface area contributed by atoms with Gasteiger partial charge in [-0.1, -0.05) is 79.7 Å². The predicted octanol–water partition coefficient (Wildman–Crippen LogP) is 12.3. The Labute approximate surface area is 366 Å². The van der Waals surface area contributed by atoms with E-state index in [1.807, 2.05) is 11.3 Å². The van der Waals surface area contributed by atoms with Crippen LogP contribution in [-0.4, -0.2) is 33.1 Å². The molecule has 4 aliphatic rings. The molecule has 0 radical (unpaired) electrons. The Bertz CT molecular complexity index is 2770. The second kappa shape index (κ2) is 14.2. The molecule has 0 saturated carbocycles. The summed E-state index contributed by atoms with van der Waals surface area (Å²) in [7, 11) is 0. The van der Waals surface area contributed by atoms with Crippen molar-refractivity contribution in [2.24, 2.45) is 0 Å². The molecule has 61 heavy (non-hydrogen) atoms. The van der Waals surface area contributed by atoms with Gasteiger partial charge < -0.3 is 28.7 Å². The highest BCUT2D eigenvalue weighted by Gasteiger charge is 2.47. The number of ether oxygens (including phenoxy) is 4. The number of anilines is 6. The van der Waals surface area contributed by atoms with E-state index in [1.165, 1.54) is 76.4 Å². The SMILES string of the molecule is Cc1cc(C(C)(C)C)cc(C)c1N1c2cc3c(cc2B2c4c1cc(C(C)C)cc4N(c1c(C)cc4c(c1C)OCCCO4)c1sc4ccc(C(C)(C)C)cc4c12)OCCCO3. The van der Waals surface area contributed by atoms with Crippen LogP contribution in [0, 0.1) is 27.7 Å². The summed E-state index contributed by atoms with van der Waals surface area (Å²) in [5.41, 5.74) is 18.6. The molecule has 6 aromatic rings. The Kier molecular flexibility index (Phi) is 9.34. The third kappa shape index (κ3) is 6.33. The first-order valence-corrected chi connectivity index (χ1v) is 23.1. The number of fused-ring (bicyclic) bond motifs is 8. The first kappa shape index (κ1) is 40.0. The van der Waals surface area contributed by atoms with Gasteiger partial charge in [0.2, 0.25) is 0 Å². The van der Waals surface area contributed by atoms with Crippen LogP contribution in [0.4, 0.5) is 33.4 Å². The third-order valence-corrected chi connectivity index (χ3v) is 14.5. The van der Waals surface area contributed by atoms with Gasteiger partial charge in [0.05, 0.1) is 42.8 Å². The van der Waals surface area contributed by atoms with Gasteiger partial charge in [0.1, 0.15) is 0 Å². The zero-order chi connectivity index (χ0) is 42.9. The van der Waals surface area contributed by atoms with Crippen molar-refractivity contribution in [1.82, 2.24) is 0 Å². The summed E-state index contributed by atoms with van der Waals surface area (Å²) >= 11 is 1.90. The summed E-state index contributed by atoms with van der Waals surface area (Å²) in [6.45, 7) is 30.1. The lowest BCUT2D eigenvalue weighted by Crippen LogP contribution is -2.61. The molecule has 4 aliphatic heterocycles. The molecule has 0 aliphatic carbocycles. The fourth-order valence-electron chi connectivity index (χ4n) is 10.2. The summed E-state index contributed by atoms with van der Waals surface area (Å²) in [6.07, 6.45) is 1.71. The maximum Gasteiger partial charge on any atom is 0.254 e. The molecule has 10 rings (SSSR count). The Morgan fingerprint density at radius 1 is 0.590 bits per heavy atom. The molecule has 0 atom stereocenters. The highest BCUT2D eigenvalue weighted by Crippen LogP contribution is 2.54. The molecular weight excluding hydrogens is 771 g/mol. The number of hydrogen-bond acceptors (Lipinski definition) is 7.